The molecule has 1 aromatic rings. The second-order valence-electron chi connectivity index (χ2n) is 3.14. The van der Waals surface area contributed by atoms with Crippen LogP contribution in [0.2, 0.25) is 0 Å². The quantitative estimate of drug-likeness (QED) is 0.704. The summed E-state index contributed by atoms with van der Waals surface area (Å²) in [5, 5.41) is 0. The predicted molar refractivity (Wildman–Crippen MR) is 54.5 cm³/mol. The number of cyclic esters (lactones) is 1. The van der Waals surface area contributed by atoms with Crippen LogP contribution in [0.15, 0.2) is 54.5 Å². The van der Waals surface area contributed by atoms with Gasteiger partial charge in [0, 0.05) is 6.08 Å². The molecule has 0 bridgehead atoms. The van der Waals surface area contributed by atoms with Gasteiger partial charge >= 0.3 is 5.97 Å². The molecule has 76 valence electrons. The van der Waals surface area contributed by atoms with Gasteiger partial charge in [-0.1, -0.05) is 36.9 Å². The third-order valence-corrected chi connectivity index (χ3v) is 1.95. The number of carbonyl (C=O) groups excluding carboxylic acids is 1. The van der Waals surface area contributed by atoms with Gasteiger partial charge in [0.05, 0.1) is 0 Å². The van der Waals surface area contributed by atoms with E-state index in [4.69, 9.17) is 9.47 Å². The smallest absolute Gasteiger partial charge is 0.379 e. The zero-order valence-corrected chi connectivity index (χ0v) is 8.10. The van der Waals surface area contributed by atoms with Gasteiger partial charge in [0.15, 0.2) is 0 Å². The van der Waals surface area contributed by atoms with Crippen molar-refractivity contribution >= 4 is 5.97 Å². The van der Waals surface area contributed by atoms with E-state index in [1.54, 1.807) is 0 Å². The Hall–Kier alpha value is -2.03. The minimum absolute atomic E-state index is 0.212. The molecule has 3 nitrogen and oxygen atoms in total. The summed E-state index contributed by atoms with van der Waals surface area (Å²) < 4.78 is 10.0. The Morgan fingerprint density at radius 3 is 2.60 bits per heavy atom. The van der Waals surface area contributed by atoms with Crippen LogP contribution in [-0.2, 0) is 20.9 Å². The molecule has 2 rings (SSSR count). The highest BCUT2D eigenvalue weighted by molar-refractivity contribution is 5.90. The maximum Gasteiger partial charge on any atom is 0.379 e. The lowest BCUT2D eigenvalue weighted by molar-refractivity contribution is -0.136. The van der Waals surface area contributed by atoms with Crippen LogP contribution in [0.3, 0.4) is 0 Å². The number of allylic oxidation sites excluding steroid dienone is 1. The first kappa shape index (κ1) is 9.52. The fraction of sp³-hybridized carbons (Fsp3) is 0.0833. The van der Waals surface area contributed by atoms with Crippen LogP contribution >= 0.6 is 0 Å². The van der Waals surface area contributed by atoms with Crippen molar-refractivity contribution in [2.75, 3.05) is 0 Å². The van der Waals surface area contributed by atoms with Crippen molar-refractivity contribution in [2.24, 2.45) is 0 Å². The third-order valence-electron chi connectivity index (χ3n) is 1.95. The molecule has 1 heterocycles. The number of carbonyl (C=O) groups is 1. The maximum atomic E-state index is 11.1. The van der Waals surface area contributed by atoms with Crippen molar-refractivity contribution in [3.8, 4) is 0 Å². The first-order valence-electron chi connectivity index (χ1n) is 4.55. The normalized spacial score (nSPS) is 14.8. The Bertz CT molecular complexity index is 418. The van der Waals surface area contributed by atoms with Crippen LogP contribution in [0.1, 0.15) is 5.56 Å². The van der Waals surface area contributed by atoms with E-state index >= 15 is 0 Å². The van der Waals surface area contributed by atoms with Gasteiger partial charge in [-0.3, -0.25) is 0 Å². The van der Waals surface area contributed by atoms with E-state index < -0.39 is 5.97 Å². The van der Waals surface area contributed by atoms with Crippen molar-refractivity contribution in [3.63, 3.8) is 0 Å². The van der Waals surface area contributed by atoms with Crippen molar-refractivity contribution in [2.45, 2.75) is 6.61 Å². The standard InChI is InChI=1S/C12H10O3/c1-9-7-11(12(13)15-9)14-8-10-5-3-2-4-6-10/h2-7H,1,8H2. The molecule has 1 aromatic carbocycles. The molecule has 0 saturated carbocycles. The van der Waals surface area contributed by atoms with Gasteiger partial charge in [-0.05, 0) is 5.56 Å². The van der Waals surface area contributed by atoms with E-state index in [0.717, 1.165) is 5.56 Å². The second-order valence-corrected chi connectivity index (χ2v) is 3.14. The van der Waals surface area contributed by atoms with E-state index in [0.29, 0.717) is 12.4 Å². The van der Waals surface area contributed by atoms with Gasteiger partial charge in [0.1, 0.15) is 12.4 Å². The Balaban J connectivity index is 1.97. The van der Waals surface area contributed by atoms with Crippen LogP contribution in [0, 0.1) is 0 Å². The fourth-order valence-electron chi connectivity index (χ4n) is 1.24. The summed E-state index contributed by atoms with van der Waals surface area (Å²) in [5.41, 5.74) is 1.00. The number of esters is 1. The highest BCUT2D eigenvalue weighted by Crippen LogP contribution is 2.17. The average molecular weight is 202 g/mol. The van der Waals surface area contributed by atoms with Crippen molar-refractivity contribution in [1.82, 2.24) is 0 Å². The molecule has 0 fully saturated rings. The Morgan fingerprint density at radius 2 is 2.00 bits per heavy atom. The molecule has 0 N–H and O–H groups in total. The third kappa shape index (κ3) is 2.26. The van der Waals surface area contributed by atoms with Gasteiger partial charge in [-0.2, -0.15) is 0 Å². The van der Waals surface area contributed by atoms with Crippen LogP contribution < -0.4 is 0 Å². The van der Waals surface area contributed by atoms with Crippen LogP contribution in [0.4, 0.5) is 0 Å². The molecule has 0 radical (unpaired) electrons. The molecule has 0 unspecified atom stereocenters. The summed E-state index contributed by atoms with van der Waals surface area (Å²) in [6, 6.07) is 9.61. The summed E-state index contributed by atoms with van der Waals surface area (Å²) in [6.45, 7) is 3.87. The summed E-state index contributed by atoms with van der Waals surface area (Å²) in [5.74, 6) is 0.0582. The largest absolute Gasteiger partial charge is 0.482 e. The molecule has 0 atom stereocenters. The summed E-state index contributed by atoms with van der Waals surface area (Å²) in [4.78, 5) is 11.1. The molecule has 0 saturated heterocycles. The lowest BCUT2D eigenvalue weighted by Crippen LogP contribution is -2.02. The van der Waals surface area contributed by atoms with Gasteiger partial charge in [-0.25, -0.2) is 4.79 Å². The molecule has 3 heteroatoms. The van der Waals surface area contributed by atoms with Gasteiger partial charge in [0.25, 0.3) is 0 Å². The van der Waals surface area contributed by atoms with Crippen LogP contribution in [0.25, 0.3) is 0 Å². The number of ether oxygens (including phenoxy) is 2. The zero-order valence-electron chi connectivity index (χ0n) is 8.10. The van der Waals surface area contributed by atoms with E-state index in [2.05, 4.69) is 6.58 Å². The molecular formula is C12H10O3. The van der Waals surface area contributed by atoms with Gasteiger partial charge in [0.2, 0.25) is 5.76 Å². The molecular weight excluding hydrogens is 192 g/mol. The Labute approximate surface area is 87.6 Å². The summed E-state index contributed by atoms with van der Waals surface area (Å²) in [7, 11) is 0. The molecule has 0 spiro atoms. The Kier molecular flexibility index (Phi) is 2.54. The number of rotatable bonds is 3. The van der Waals surface area contributed by atoms with Gasteiger partial charge < -0.3 is 9.47 Å². The SMILES string of the molecule is C=C1C=C(OCc2ccccc2)C(=O)O1. The van der Waals surface area contributed by atoms with Crippen molar-refractivity contribution in [3.05, 3.63) is 60.1 Å². The van der Waals surface area contributed by atoms with Gasteiger partial charge in [-0.15, -0.1) is 0 Å². The number of benzene rings is 1. The van der Waals surface area contributed by atoms with Crippen molar-refractivity contribution in [1.29, 1.82) is 0 Å². The Morgan fingerprint density at radius 1 is 1.27 bits per heavy atom. The highest BCUT2D eigenvalue weighted by Gasteiger charge is 2.21. The summed E-state index contributed by atoms with van der Waals surface area (Å²) >= 11 is 0. The average Bonchev–Trinajstić information content (AvgIpc) is 2.56. The summed E-state index contributed by atoms with van der Waals surface area (Å²) in [6.07, 6.45) is 1.49. The maximum absolute atomic E-state index is 11.1. The number of hydrogen-bond acceptors (Lipinski definition) is 3. The van der Waals surface area contributed by atoms with E-state index in [1.807, 2.05) is 30.3 Å². The monoisotopic (exact) mass is 202 g/mol. The topological polar surface area (TPSA) is 35.5 Å². The zero-order chi connectivity index (χ0) is 10.7. The van der Waals surface area contributed by atoms with E-state index in [-0.39, 0.29) is 5.76 Å². The highest BCUT2D eigenvalue weighted by atomic mass is 16.6. The van der Waals surface area contributed by atoms with Crippen LogP contribution in [-0.4, -0.2) is 5.97 Å². The lowest BCUT2D eigenvalue weighted by atomic mass is 10.2. The first-order valence-corrected chi connectivity index (χ1v) is 4.55. The number of hydrogen-bond donors (Lipinski definition) is 0. The molecule has 1 aliphatic rings. The van der Waals surface area contributed by atoms with Crippen molar-refractivity contribution < 1.29 is 14.3 Å². The first-order chi connectivity index (χ1) is 7.25. The van der Waals surface area contributed by atoms with E-state index in [1.165, 1.54) is 6.08 Å². The molecule has 15 heavy (non-hydrogen) atoms. The fourth-order valence-corrected chi connectivity index (χ4v) is 1.24. The molecule has 1 aliphatic heterocycles. The lowest BCUT2D eigenvalue weighted by Gasteiger charge is -2.03. The van der Waals surface area contributed by atoms with E-state index in [9.17, 15) is 4.79 Å². The van der Waals surface area contributed by atoms with Crippen LogP contribution in [0.5, 0.6) is 0 Å². The predicted octanol–water partition coefficient (Wildman–Crippen LogP) is 2.16. The molecule has 0 aromatic heterocycles. The minimum atomic E-state index is -0.476. The molecule has 0 aliphatic carbocycles. The molecule has 0 amide bonds. The minimum Gasteiger partial charge on any atom is -0.482 e. The second kappa shape index (κ2) is 4.00.